The summed E-state index contributed by atoms with van der Waals surface area (Å²) in [6.07, 6.45) is 6.06. The highest BCUT2D eigenvalue weighted by atomic mass is 32.1. The molecular weight excluding hydrogens is 186 g/mol. The van der Waals surface area contributed by atoms with Crippen LogP contribution < -0.4 is 10.5 Å². The first-order valence-corrected chi connectivity index (χ1v) is 5.24. The second-order valence-corrected chi connectivity index (χ2v) is 4.31. The Balaban J connectivity index is 1.85. The Labute approximate surface area is 81.3 Å². The first kappa shape index (κ1) is 8.90. The molecule has 0 saturated heterocycles. The summed E-state index contributed by atoms with van der Waals surface area (Å²) in [5.41, 5.74) is 5.99. The highest BCUT2D eigenvalue weighted by molar-refractivity contribution is 7.07. The van der Waals surface area contributed by atoms with Crippen molar-refractivity contribution < 1.29 is 4.74 Å². The molecule has 1 aromatic rings. The van der Waals surface area contributed by atoms with Gasteiger partial charge in [-0.3, -0.25) is 0 Å². The van der Waals surface area contributed by atoms with Gasteiger partial charge in [-0.15, -0.1) is 0 Å². The fraction of sp³-hybridized carbons (Fsp3) is 0.750. The van der Waals surface area contributed by atoms with Crippen molar-refractivity contribution in [2.45, 2.75) is 31.2 Å². The smallest absolute Gasteiger partial charge is 0.292 e. The Morgan fingerprint density at radius 1 is 1.54 bits per heavy atom. The SMILES string of the molecule is NC1(COc2ncns2)CCCC1. The highest BCUT2D eigenvalue weighted by Gasteiger charge is 2.30. The molecule has 0 aromatic carbocycles. The lowest BCUT2D eigenvalue weighted by Gasteiger charge is -2.22. The maximum atomic E-state index is 6.11. The van der Waals surface area contributed by atoms with E-state index in [0.29, 0.717) is 11.8 Å². The molecule has 1 fully saturated rings. The lowest BCUT2D eigenvalue weighted by Crippen LogP contribution is -2.42. The molecule has 72 valence electrons. The quantitative estimate of drug-likeness (QED) is 0.794. The molecule has 13 heavy (non-hydrogen) atoms. The maximum Gasteiger partial charge on any atom is 0.292 e. The Hall–Kier alpha value is -0.680. The number of nitrogens with two attached hydrogens (primary N) is 1. The summed E-state index contributed by atoms with van der Waals surface area (Å²) >= 11 is 1.27. The van der Waals surface area contributed by atoms with Crippen LogP contribution in [0.4, 0.5) is 0 Å². The van der Waals surface area contributed by atoms with E-state index in [0.717, 1.165) is 12.8 Å². The number of aromatic nitrogens is 2. The van der Waals surface area contributed by atoms with Crippen LogP contribution in [0.5, 0.6) is 5.19 Å². The summed E-state index contributed by atoms with van der Waals surface area (Å²) in [5.74, 6) is 0. The molecule has 0 unspecified atom stereocenters. The first-order valence-electron chi connectivity index (χ1n) is 4.47. The molecule has 5 heteroatoms. The third-order valence-corrected chi connectivity index (χ3v) is 3.00. The van der Waals surface area contributed by atoms with Crippen molar-refractivity contribution in [3.8, 4) is 5.19 Å². The molecule has 4 nitrogen and oxygen atoms in total. The molecule has 0 amide bonds. The molecule has 0 spiro atoms. The third kappa shape index (κ3) is 2.16. The topological polar surface area (TPSA) is 61.0 Å². The fourth-order valence-electron chi connectivity index (χ4n) is 1.66. The van der Waals surface area contributed by atoms with Gasteiger partial charge in [-0.2, -0.15) is 9.36 Å². The van der Waals surface area contributed by atoms with Crippen molar-refractivity contribution in [3.63, 3.8) is 0 Å². The summed E-state index contributed by atoms with van der Waals surface area (Å²) in [7, 11) is 0. The van der Waals surface area contributed by atoms with Crippen LogP contribution in [-0.4, -0.2) is 21.5 Å². The summed E-state index contributed by atoms with van der Waals surface area (Å²) < 4.78 is 9.31. The molecule has 2 N–H and O–H groups in total. The van der Waals surface area contributed by atoms with Gasteiger partial charge in [0, 0.05) is 11.5 Å². The largest absolute Gasteiger partial charge is 0.467 e. The van der Waals surface area contributed by atoms with Crippen molar-refractivity contribution >= 4 is 11.5 Å². The normalized spacial score (nSPS) is 20.4. The average molecular weight is 199 g/mol. The highest BCUT2D eigenvalue weighted by Crippen LogP contribution is 2.27. The summed E-state index contributed by atoms with van der Waals surface area (Å²) in [6.45, 7) is 0.572. The van der Waals surface area contributed by atoms with Crippen LogP contribution in [0.3, 0.4) is 0 Å². The van der Waals surface area contributed by atoms with Gasteiger partial charge in [0.25, 0.3) is 5.19 Å². The van der Waals surface area contributed by atoms with Gasteiger partial charge in [0.1, 0.15) is 12.9 Å². The zero-order valence-electron chi connectivity index (χ0n) is 7.40. The number of rotatable bonds is 3. The van der Waals surface area contributed by atoms with Gasteiger partial charge in [-0.05, 0) is 12.8 Å². The average Bonchev–Trinajstić information content (AvgIpc) is 2.72. The van der Waals surface area contributed by atoms with Gasteiger partial charge in [0.05, 0.1) is 5.54 Å². The fourth-order valence-corrected chi connectivity index (χ4v) is 2.05. The lowest BCUT2D eigenvalue weighted by molar-refractivity contribution is 0.219. The summed E-state index contributed by atoms with van der Waals surface area (Å²) in [6, 6.07) is 0. The van der Waals surface area contributed by atoms with Crippen molar-refractivity contribution in [2.75, 3.05) is 6.61 Å². The van der Waals surface area contributed by atoms with E-state index in [4.69, 9.17) is 10.5 Å². The van der Waals surface area contributed by atoms with Crippen molar-refractivity contribution in [1.82, 2.24) is 9.36 Å². The Kier molecular flexibility index (Phi) is 2.46. The van der Waals surface area contributed by atoms with Gasteiger partial charge in [-0.25, -0.2) is 0 Å². The van der Waals surface area contributed by atoms with Crippen LogP contribution in [0.1, 0.15) is 25.7 Å². The van der Waals surface area contributed by atoms with E-state index in [1.807, 2.05) is 0 Å². The Morgan fingerprint density at radius 3 is 2.92 bits per heavy atom. The molecule has 1 aliphatic carbocycles. The van der Waals surface area contributed by atoms with Crippen LogP contribution >= 0.6 is 11.5 Å². The molecule has 1 aliphatic rings. The van der Waals surface area contributed by atoms with E-state index in [1.54, 1.807) is 0 Å². The minimum absolute atomic E-state index is 0.119. The number of nitrogens with zero attached hydrogens (tertiary/aromatic N) is 2. The standard InChI is InChI=1S/C8H13N3OS/c9-8(3-1-2-4-8)5-12-7-10-6-11-13-7/h6H,1-5,9H2. The second-order valence-electron chi connectivity index (χ2n) is 3.57. The van der Waals surface area contributed by atoms with E-state index >= 15 is 0 Å². The molecule has 2 rings (SSSR count). The van der Waals surface area contributed by atoms with Crippen LogP contribution in [-0.2, 0) is 0 Å². The molecule has 1 heterocycles. The molecule has 1 aromatic heterocycles. The van der Waals surface area contributed by atoms with Crippen molar-refractivity contribution in [2.24, 2.45) is 5.73 Å². The number of ether oxygens (including phenoxy) is 1. The van der Waals surface area contributed by atoms with Gasteiger partial charge in [-0.1, -0.05) is 12.8 Å². The minimum Gasteiger partial charge on any atom is -0.467 e. The molecule has 0 atom stereocenters. The predicted molar refractivity (Wildman–Crippen MR) is 50.8 cm³/mol. The van der Waals surface area contributed by atoms with E-state index < -0.39 is 0 Å². The predicted octanol–water partition coefficient (Wildman–Crippen LogP) is 1.19. The first-order chi connectivity index (χ1) is 6.29. The minimum atomic E-state index is -0.119. The maximum absolute atomic E-state index is 6.11. The van der Waals surface area contributed by atoms with Crippen LogP contribution in [0, 0.1) is 0 Å². The zero-order chi connectivity index (χ0) is 9.15. The Morgan fingerprint density at radius 2 is 2.31 bits per heavy atom. The van der Waals surface area contributed by atoms with E-state index in [-0.39, 0.29) is 5.54 Å². The third-order valence-electron chi connectivity index (χ3n) is 2.42. The van der Waals surface area contributed by atoms with E-state index in [2.05, 4.69) is 9.36 Å². The number of hydrogen-bond donors (Lipinski definition) is 1. The van der Waals surface area contributed by atoms with Crippen molar-refractivity contribution in [3.05, 3.63) is 6.33 Å². The van der Waals surface area contributed by atoms with Gasteiger partial charge in [0.2, 0.25) is 0 Å². The lowest BCUT2D eigenvalue weighted by atomic mass is 10.0. The molecule has 1 saturated carbocycles. The molecule has 0 aliphatic heterocycles. The van der Waals surface area contributed by atoms with Crippen LogP contribution in [0.2, 0.25) is 0 Å². The molecule has 0 radical (unpaired) electrons. The zero-order valence-corrected chi connectivity index (χ0v) is 8.22. The monoisotopic (exact) mass is 199 g/mol. The molecular formula is C8H13N3OS. The van der Waals surface area contributed by atoms with E-state index in [1.165, 1.54) is 30.7 Å². The van der Waals surface area contributed by atoms with Gasteiger partial charge in [0.15, 0.2) is 0 Å². The second kappa shape index (κ2) is 3.59. The van der Waals surface area contributed by atoms with Crippen LogP contribution in [0.25, 0.3) is 0 Å². The van der Waals surface area contributed by atoms with Gasteiger partial charge < -0.3 is 10.5 Å². The van der Waals surface area contributed by atoms with Crippen molar-refractivity contribution in [1.29, 1.82) is 0 Å². The van der Waals surface area contributed by atoms with Gasteiger partial charge >= 0.3 is 0 Å². The number of hydrogen-bond acceptors (Lipinski definition) is 5. The van der Waals surface area contributed by atoms with Crippen LogP contribution in [0.15, 0.2) is 6.33 Å². The Bertz CT molecular complexity index is 256. The molecule has 0 bridgehead atoms. The summed E-state index contributed by atoms with van der Waals surface area (Å²) in [5, 5.41) is 0.622. The summed E-state index contributed by atoms with van der Waals surface area (Å²) in [4.78, 5) is 3.94. The van der Waals surface area contributed by atoms with E-state index in [9.17, 15) is 0 Å².